The molecule has 0 aliphatic rings. The zero-order valence-electron chi connectivity index (χ0n) is 46.1. The molecule has 1 amide bonds. The van der Waals surface area contributed by atoms with Crippen molar-refractivity contribution in [1.29, 1.82) is 0 Å². The number of unbranched alkanes of at least 4 members (excludes halogenated alkanes) is 47. The van der Waals surface area contributed by atoms with Crippen LogP contribution in [-0.4, -0.2) is 47.4 Å². The van der Waals surface area contributed by atoms with E-state index in [0.717, 1.165) is 44.9 Å². The maximum absolute atomic E-state index is 12.5. The Kier molecular flexibility index (Phi) is 57.0. The van der Waals surface area contributed by atoms with Gasteiger partial charge in [0, 0.05) is 12.8 Å². The third-order valence-electron chi connectivity index (χ3n) is 14.6. The van der Waals surface area contributed by atoms with Crippen LogP contribution in [0.5, 0.6) is 0 Å². The lowest BCUT2D eigenvalue weighted by Crippen LogP contribution is -2.45. The molecule has 0 bridgehead atoms. The summed E-state index contributed by atoms with van der Waals surface area (Å²) in [6.07, 6.45) is 69.6. The number of aliphatic hydroxyl groups is 2. The Balaban J connectivity index is 3.45. The molecule has 0 aromatic heterocycles. The summed E-state index contributed by atoms with van der Waals surface area (Å²) in [6, 6.07) is -0.632. The molecular weight excluding hydrogens is 839 g/mol. The van der Waals surface area contributed by atoms with Crippen LogP contribution in [0.1, 0.15) is 348 Å². The highest BCUT2D eigenvalue weighted by atomic mass is 16.5. The number of amides is 1. The number of hydrogen-bond acceptors (Lipinski definition) is 5. The van der Waals surface area contributed by atoms with E-state index in [0.29, 0.717) is 19.4 Å². The SMILES string of the molecule is CCCCCCCCCCCCCCCCCCCCCCC/C=C/C(O)C(CO)NC(=O)CCCCCCCCCCCCCCCCCCCOC(=O)CCCCCCCCCCCCC. The van der Waals surface area contributed by atoms with Crippen molar-refractivity contribution in [3.63, 3.8) is 0 Å². The molecule has 0 aliphatic carbocycles. The Hall–Kier alpha value is -1.40. The Bertz CT molecular complexity index is 1020. The second kappa shape index (κ2) is 58.2. The maximum Gasteiger partial charge on any atom is 0.305 e. The summed E-state index contributed by atoms with van der Waals surface area (Å²) < 4.78 is 5.46. The number of rotatable bonds is 58. The summed E-state index contributed by atoms with van der Waals surface area (Å²) in [4.78, 5) is 24.5. The van der Waals surface area contributed by atoms with Crippen LogP contribution in [0.2, 0.25) is 0 Å². The fourth-order valence-electron chi connectivity index (χ4n) is 9.81. The molecule has 404 valence electrons. The van der Waals surface area contributed by atoms with Crippen molar-refractivity contribution in [3.05, 3.63) is 12.2 Å². The topological polar surface area (TPSA) is 95.9 Å². The van der Waals surface area contributed by atoms with Gasteiger partial charge in [-0.1, -0.05) is 315 Å². The van der Waals surface area contributed by atoms with Gasteiger partial charge in [-0.2, -0.15) is 0 Å². The Morgan fingerprint density at radius 2 is 0.676 bits per heavy atom. The maximum atomic E-state index is 12.5. The third-order valence-corrected chi connectivity index (χ3v) is 14.6. The number of nitrogens with one attached hydrogen (secondary N) is 1. The fraction of sp³-hybridized carbons (Fsp3) is 0.935. The van der Waals surface area contributed by atoms with Crippen molar-refractivity contribution in [3.8, 4) is 0 Å². The number of ether oxygens (including phenoxy) is 1. The molecule has 0 spiro atoms. The van der Waals surface area contributed by atoms with Crippen LogP contribution in [0.4, 0.5) is 0 Å². The molecule has 68 heavy (non-hydrogen) atoms. The van der Waals surface area contributed by atoms with Crippen molar-refractivity contribution in [2.45, 2.75) is 360 Å². The predicted octanol–water partition coefficient (Wildman–Crippen LogP) is 19.2. The van der Waals surface area contributed by atoms with Gasteiger partial charge in [0.25, 0.3) is 0 Å². The monoisotopic (exact) mass is 960 g/mol. The first-order chi connectivity index (χ1) is 33.5. The lowest BCUT2D eigenvalue weighted by Gasteiger charge is -2.20. The minimum atomic E-state index is -0.848. The van der Waals surface area contributed by atoms with Crippen LogP contribution in [0.25, 0.3) is 0 Å². The number of carbonyl (C=O) groups excluding carboxylic acids is 2. The first kappa shape index (κ1) is 66.6. The van der Waals surface area contributed by atoms with Crippen molar-refractivity contribution in [1.82, 2.24) is 5.32 Å². The van der Waals surface area contributed by atoms with E-state index in [9.17, 15) is 19.8 Å². The summed E-state index contributed by atoms with van der Waals surface area (Å²) in [6.45, 7) is 4.92. The molecule has 0 saturated heterocycles. The van der Waals surface area contributed by atoms with Gasteiger partial charge in [0.2, 0.25) is 5.91 Å². The van der Waals surface area contributed by atoms with Gasteiger partial charge in [0.1, 0.15) is 0 Å². The highest BCUT2D eigenvalue weighted by molar-refractivity contribution is 5.76. The highest BCUT2D eigenvalue weighted by Gasteiger charge is 2.18. The molecule has 3 N–H and O–H groups in total. The average molecular weight is 961 g/mol. The Morgan fingerprint density at radius 1 is 0.397 bits per heavy atom. The summed E-state index contributed by atoms with van der Waals surface area (Å²) in [5, 5.41) is 23.2. The molecule has 2 atom stereocenters. The van der Waals surface area contributed by atoms with E-state index in [1.54, 1.807) is 6.08 Å². The zero-order chi connectivity index (χ0) is 49.3. The van der Waals surface area contributed by atoms with E-state index in [-0.39, 0.29) is 18.5 Å². The summed E-state index contributed by atoms with van der Waals surface area (Å²) in [5.74, 6) is -0.0642. The van der Waals surface area contributed by atoms with E-state index < -0.39 is 12.1 Å². The van der Waals surface area contributed by atoms with E-state index in [1.165, 1.54) is 276 Å². The molecule has 0 radical (unpaired) electrons. The van der Waals surface area contributed by atoms with Crippen molar-refractivity contribution >= 4 is 11.9 Å². The van der Waals surface area contributed by atoms with Crippen molar-refractivity contribution < 1.29 is 24.5 Å². The van der Waals surface area contributed by atoms with Gasteiger partial charge in [0.05, 0.1) is 25.4 Å². The second-order valence-corrected chi connectivity index (χ2v) is 21.4. The number of hydrogen-bond donors (Lipinski definition) is 3. The molecule has 0 aromatic carbocycles. The first-order valence-electron chi connectivity index (χ1n) is 31.0. The van der Waals surface area contributed by atoms with Crippen molar-refractivity contribution in [2.24, 2.45) is 0 Å². The minimum absolute atomic E-state index is 0.00503. The first-order valence-corrected chi connectivity index (χ1v) is 31.0. The van der Waals surface area contributed by atoms with Gasteiger partial charge in [-0.25, -0.2) is 0 Å². The van der Waals surface area contributed by atoms with Gasteiger partial charge in [-0.15, -0.1) is 0 Å². The molecule has 0 heterocycles. The standard InChI is InChI=1S/C62H121NO5/c1-3-5-7-9-11-13-15-16-17-18-19-20-21-22-23-25-28-31-35-38-42-46-50-54-60(65)59(58-64)63-61(66)55-51-47-43-39-36-32-29-26-24-27-30-33-37-41-45-49-53-57-68-62(67)56-52-48-44-40-34-14-12-10-8-6-4-2/h50,54,59-60,64-65H,3-49,51-53,55-58H2,1-2H3,(H,63,66)/b54-50+. The minimum Gasteiger partial charge on any atom is -0.466 e. The Labute approximate surface area is 425 Å². The molecule has 0 aliphatic heterocycles. The number of allylic oxidation sites excluding steroid dienone is 1. The predicted molar refractivity (Wildman–Crippen MR) is 297 cm³/mol. The molecule has 0 aromatic rings. The fourth-order valence-corrected chi connectivity index (χ4v) is 9.81. The molecule has 6 nitrogen and oxygen atoms in total. The van der Waals surface area contributed by atoms with E-state index in [2.05, 4.69) is 19.2 Å². The molecule has 6 heteroatoms. The van der Waals surface area contributed by atoms with Crippen LogP contribution < -0.4 is 5.32 Å². The normalized spacial score (nSPS) is 12.6. The van der Waals surface area contributed by atoms with Crippen molar-refractivity contribution in [2.75, 3.05) is 13.2 Å². The van der Waals surface area contributed by atoms with E-state index >= 15 is 0 Å². The third kappa shape index (κ3) is 53.9. The number of aliphatic hydroxyl groups excluding tert-OH is 2. The molecule has 0 saturated carbocycles. The molecule has 0 fully saturated rings. The van der Waals surface area contributed by atoms with Crippen LogP contribution >= 0.6 is 0 Å². The van der Waals surface area contributed by atoms with Crippen LogP contribution in [0, 0.1) is 0 Å². The van der Waals surface area contributed by atoms with Gasteiger partial charge < -0.3 is 20.3 Å². The molecule has 0 rings (SSSR count). The quantitative estimate of drug-likeness (QED) is 0.0321. The van der Waals surface area contributed by atoms with Crippen LogP contribution in [0.15, 0.2) is 12.2 Å². The van der Waals surface area contributed by atoms with Gasteiger partial charge in [0.15, 0.2) is 0 Å². The lowest BCUT2D eigenvalue weighted by atomic mass is 10.0. The smallest absolute Gasteiger partial charge is 0.305 e. The highest BCUT2D eigenvalue weighted by Crippen LogP contribution is 2.18. The number of carbonyl (C=O) groups is 2. The van der Waals surface area contributed by atoms with E-state index in [4.69, 9.17) is 4.74 Å². The van der Waals surface area contributed by atoms with Gasteiger partial charge in [-0.3, -0.25) is 9.59 Å². The van der Waals surface area contributed by atoms with Crippen LogP contribution in [-0.2, 0) is 14.3 Å². The Morgan fingerprint density at radius 3 is 1.00 bits per heavy atom. The summed E-state index contributed by atoms with van der Waals surface area (Å²) in [5.41, 5.74) is 0. The van der Waals surface area contributed by atoms with E-state index in [1.807, 2.05) is 6.08 Å². The summed E-state index contributed by atoms with van der Waals surface area (Å²) >= 11 is 0. The van der Waals surface area contributed by atoms with Gasteiger partial charge in [-0.05, 0) is 32.1 Å². The summed E-state index contributed by atoms with van der Waals surface area (Å²) in [7, 11) is 0. The van der Waals surface area contributed by atoms with Gasteiger partial charge >= 0.3 is 5.97 Å². The molecule has 2 unspecified atom stereocenters. The van der Waals surface area contributed by atoms with Crippen LogP contribution in [0.3, 0.4) is 0 Å². The second-order valence-electron chi connectivity index (χ2n) is 21.4. The molecular formula is C62H121NO5. The lowest BCUT2D eigenvalue weighted by molar-refractivity contribution is -0.143. The largest absolute Gasteiger partial charge is 0.466 e. The average Bonchev–Trinajstić information content (AvgIpc) is 3.34. The zero-order valence-corrected chi connectivity index (χ0v) is 46.1. The number of esters is 1.